The Labute approximate surface area is 135 Å². The second-order valence-corrected chi connectivity index (χ2v) is 8.33. The van der Waals surface area contributed by atoms with E-state index in [2.05, 4.69) is 0 Å². The molecule has 0 radical (unpaired) electrons. The van der Waals surface area contributed by atoms with Gasteiger partial charge in [0.2, 0.25) is 10.0 Å². The Morgan fingerprint density at radius 3 is 2.26 bits per heavy atom. The van der Waals surface area contributed by atoms with Gasteiger partial charge in [-0.25, -0.2) is 21.9 Å². The van der Waals surface area contributed by atoms with Gasteiger partial charge < -0.3 is 4.74 Å². The highest BCUT2D eigenvalue weighted by Crippen LogP contribution is 2.19. The van der Waals surface area contributed by atoms with Crippen LogP contribution in [0.4, 0.5) is 4.39 Å². The molecule has 0 amide bonds. The Morgan fingerprint density at radius 2 is 1.78 bits per heavy atom. The molecule has 0 aliphatic rings. The molecular formula is C15H20FNO5S. The van der Waals surface area contributed by atoms with Gasteiger partial charge in [0.25, 0.3) is 0 Å². The largest absolute Gasteiger partial charge is 0.454 e. The third-order valence-electron chi connectivity index (χ3n) is 3.11. The third-order valence-corrected chi connectivity index (χ3v) is 4.92. The molecule has 0 spiro atoms. The van der Waals surface area contributed by atoms with E-state index in [1.165, 1.54) is 14.1 Å². The average molecular weight is 345 g/mol. The molecule has 0 aromatic heterocycles. The molecule has 0 saturated carbocycles. The zero-order valence-electron chi connectivity index (χ0n) is 13.7. The molecule has 0 aliphatic heterocycles. The SMILES string of the molecule is CN(C)S(=O)(=O)c1ccc(F)c(C(=O)OCC(=O)C(C)(C)C)c1. The van der Waals surface area contributed by atoms with Crippen LogP contribution in [0.1, 0.15) is 31.1 Å². The summed E-state index contributed by atoms with van der Waals surface area (Å²) in [5.74, 6) is -2.34. The minimum atomic E-state index is -3.81. The van der Waals surface area contributed by atoms with Crippen LogP contribution in [0.3, 0.4) is 0 Å². The van der Waals surface area contributed by atoms with Gasteiger partial charge in [0.15, 0.2) is 12.4 Å². The first-order valence-corrected chi connectivity index (χ1v) is 8.24. The van der Waals surface area contributed by atoms with Crippen molar-refractivity contribution in [2.45, 2.75) is 25.7 Å². The summed E-state index contributed by atoms with van der Waals surface area (Å²) in [7, 11) is -1.18. The average Bonchev–Trinajstić information content (AvgIpc) is 2.43. The number of ketones is 1. The number of rotatable bonds is 5. The van der Waals surface area contributed by atoms with Crippen LogP contribution in [0.25, 0.3) is 0 Å². The summed E-state index contributed by atoms with van der Waals surface area (Å²) in [5, 5.41) is 0. The molecule has 0 heterocycles. The summed E-state index contributed by atoms with van der Waals surface area (Å²) in [6, 6.07) is 2.83. The van der Waals surface area contributed by atoms with Gasteiger partial charge in [0.1, 0.15) is 5.82 Å². The van der Waals surface area contributed by atoms with Crippen LogP contribution in [0.2, 0.25) is 0 Å². The number of ether oxygens (including phenoxy) is 1. The second-order valence-electron chi connectivity index (χ2n) is 6.18. The maximum absolute atomic E-state index is 13.8. The normalized spacial score (nSPS) is 12.3. The maximum Gasteiger partial charge on any atom is 0.341 e. The summed E-state index contributed by atoms with van der Waals surface area (Å²) in [6.07, 6.45) is 0. The molecule has 0 N–H and O–H groups in total. The van der Waals surface area contributed by atoms with E-state index in [9.17, 15) is 22.4 Å². The van der Waals surface area contributed by atoms with Crippen molar-refractivity contribution in [3.63, 3.8) is 0 Å². The Morgan fingerprint density at radius 1 is 1.22 bits per heavy atom. The number of Topliss-reactive ketones (excluding diaryl/α,β-unsaturated/α-hetero) is 1. The Balaban J connectivity index is 3.05. The molecule has 0 unspecified atom stereocenters. The highest BCUT2D eigenvalue weighted by Gasteiger charge is 2.25. The van der Waals surface area contributed by atoms with Crippen LogP contribution in [0.5, 0.6) is 0 Å². The van der Waals surface area contributed by atoms with E-state index in [0.717, 1.165) is 22.5 Å². The van der Waals surface area contributed by atoms with Crippen molar-refractivity contribution in [3.8, 4) is 0 Å². The summed E-state index contributed by atoms with van der Waals surface area (Å²) in [4.78, 5) is 23.4. The van der Waals surface area contributed by atoms with Crippen LogP contribution in [-0.4, -0.2) is 45.2 Å². The lowest BCUT2D eigenvalue weighted by Crippen LogP contribution is -2.27. The first-order valence-electron chi connectivity index (χ1n) is 6.80. The van der Waals surface area contributed by atoms with E-state index in [1.54, 1.807) is 20.8 Å². The van der Waals surface area contributed by atoms with Crippen molar-refractivity contribution in [1.29, 1.82) is 0 Å². The number of hydrogen-bond acceptors (Lipinski definition) is 5. The molecule has 0 aliphatic carbocycles. The lowest BCUT2D eigenvalue weighted by Gasteiger charge is -2.16. The number of sulfonamides is 1. The van der Waals surface area contributed by atoms with Crippen molar-refractivity contribution >= 4 is 21.8 Å². The summed E-state index contributed by atoms with van der Waals surface area (Å²) >= 11 is 0. The van der Waals surface area contributed by atoms with E-state index in [-0.39, 0.29) is 10.7 Å². The molecule has 8 heteroatoms. The minimum absolute atomic E-state index is 0.238. The number of nitrogens with zero attached hydrogens (tertiary/aromatic N) is 1. The summed E-state index contributed by atoms with van der Waals surface area (Å²) < 4.78 is 43.5. The van der Waals surface area contributed by atoms with Crippen LogP contribution in [-0.2, 0) is 19.6 Å². The highest BCUT2D eigenvalue weighted by atomic mass is 32.2. The monoisotopic (exact) mass is 345 g/mol. The van der Waals surface area contributed by atoms with Gasteiger partial charge in [-0.05, 0) is 18.2 Å². The van der Waals surface area contributed by atoms with E-state index in [4.69, 9.17) is 4.74 Å². The van der Waals surface area contributed by atoms with Crippen molar-refractivity contribution in [1.82, 2.24) is 4.31 Å². The molecular weight excluding hydrogens is 325 g/mol. The van der Waals surface area contributed by atoms with Gasteiger partial charge in [-0.15, -0.1) is 0 Å². The molecule has 0 bridgehead atoms. The van der Waals surface area contributed by atoms with Crippen LogP contribution < -0.4 is 0 Å². The summed E-state index contributed by atoms with van der Waals surface area (Å²) in [6.45, 7) is 4.47. The molecule has 1 aromatic carbocycles. The van der Waals surface area contributed by atoms with Gasteiger partial charge in [0.05, 0.1) is 10.5 Å². The first-order chi connectivity index (χ1) is 10.4. The van der Waals surface area contributed by atoms with Gasteiger partial charge >= 0.3 is 5.97 Å². The second kappa shape index (κ2) is 6.76. The lowest BCUT2D eigenvalue weighted by molar-refractivity contribution is -0.129. The number of carbonyl (C=O) groups is 2. The Hall–Kier alpha value is -1.80. The number of esters is 1. The van der Waals surface area contributed by atoms with Crippen molar-refractivity contribution in [2.24, 2.45) is 5.41 Å². The topological polar surface area (TPSA) is 80.8 Å². The fourth-order valence-corrected chi connectivity index (χ4v) is 2.39. The van der Waals surface area contributed by atoms with Gasteiger partial charge in [-0.2, -0.15) is 0 Å². The van der Waals surface area contributed by atoms with E-state index >= 15 is 0 Å². The van der Waals surface area contributed by atoms with Crippen LogP contribution in [0, 0.1) is 11.2 Å². The third kappa shape index (κ3) is 4.59. The predicted octanol–water partition coefficient (Wildman–Crippen LogP) is 1.85. The van der Waals surface area contributed by atoms with E-state index in [0.29, 0.717) is 0 Å². The molecule has 1 rings (SSSR count). The van der Waals surface area contributed by atoms with Crippen molar-refractivity contribution in [2.75, 3.05) is 20.7 Å². The first kappa shape index (κ1) is 19.2. The number of carbonyl (C=O) groups excluding carboxylic acids is 2. The zero-order chi connectivity index (χ0) is 18.0. The standard InChI is InChI=1S/C15H20FNO5S/c1-15(2,3)13(18)9-22-14(19)11-8-10(6-7-12(11)16)23(20,21)17(4)5/h6-8H,9H2,1-5H3. The number of halogens is 1. The highest BCUT2D eigenvalue weighted by molar-refractivity contribution is 7.89. The smallest absolute Gasteiger partial charge is 0.341 e. The van der Waals surface area contributed by atoms with Crippen LogP contribution in [0.15, 0.2) is 23.1 Å². The van der Waals surface area contributed by atoms with Crippen molar-refractivity contribution < 1.29 is 27.1 Å². The van der Waals surface area contributed by atoms with Gasteiger partial charge in [-0.3, -0.25) is 4.79 Å². The minimum Gasteiger partial charge on any atom is -0.454 e. The Bertz CT molecular complexity index is 720. The molecule has 23 heavy (non-hydrogen) atoms. The predicted molar refractivity (Wildman–Crippen MR) is 82.0 cm³/mol. The quantitative estimate of drug-likeness (QED) is 0.761. The molecule has 1 aromatic rings. The number of benzene rings is 1. The number of hydrogen-bond donors (Lipinski definition) is 0. The van der Waals surface area contributed by atoms with Crippen molar-refractivity contribution in [3.05, 3.63) is 29.6 Å². The lowest BCUT2D eigenvalue weighted by atomic mass is 9.91. The van der Waals surface area contributed by atoms with E-state index in [1.807, 2.05) is 0 Å². The fraction of sp³-hybridized carbons (Fsp3) is 0.467. The molecule has 0 saturated heterocycles. The van der Waals surface area contributed by atoms with Crippen LogP contribution >= 0.6 is 0 Å². The van der Waals surface area contributed by atoms with Gasteiger partial charge in [0, 0.05) is 19.5 Å². The Kier molecular flexibility index (Phi) is 5.65. The molecule has 0 atom stereocenters. The fourth-order valence-electron chi connectivity index (χ4n) is 1.46. The van der Waals surface area contributed by atoms with E-state index < -0.39 is 39.4 Å². The molecule has 0 fully saturated rings. The molecule has 128 valence electrons. The summed E-state index contributed by atoms with van der Waals surface area (Å²) in [5.41, 5.74) is -1.23. The van der Waals surface area contributed by atoms with Gasteiger partial charge in [-0.1, -0.05) is 20.8 Å². The zero-order valence-corrected chi connectivity index (χ0v) is 14.5. The molecule has 6 nitrogen and oxygen atoms in total. The maximum atomic E-state index is 13.8.